The van der Waals surface area contributed by atoms with Crippen molar-refractivity contribution in [3.8, 4) is 5.75 Å². The minimum atomic E-state index is -5.12. The lowest BCUT2D eigenvalue weighted by Crippen LogP contribution is -2.18. The Labute approximate surface area is 122 Å². The van der Waals surface area contributed by atoms with Gasteiger partial charge in [0.05, 0.1) is 14.6 Å². The van der Waals surface area contributed by atoms with E-state index in [2.05, 4.69) is 4.74 Å². The molecule has 0 atom stereocenters. The third-order valence-electron chi connectivity index (χ3n) is 1.69. The maximum Gasteiger partial charge on any atom is 0.573 e. The van der Waals surface area contributed by atoms with E-state index in [9.17, 15) is 31.7 Å². The Morgan fingerprint density at radius 1 is 1.37 bits per heavy atom. The van der Waals surface area contributed by atoms with Gasteiger partial charge in [0.1, 0.15) is 4.90 Å². The molecule has 0 amide bonds. The zero-order valence-electron chi connectivity index (χ0n) is 8.44. The highest BCUT2D eigenvalue weighted by Crippen LogP contribution is 2.36. The molecule has 106 valence electrons. The van der Waals surface area contributed by atoms with Gasteiger partial charge in [-0.1, -0.05) is 0 Å². The van der Waals surface area contributed by atoms with Gasteiger partial charge in [-0.3, -0.25) is 10.1 Å². The number of nitro benzene ring substituents is 1. The average Bonchev–Trinajstić information content (AvgIpc) is 2.16. The topological polar surface area (TPSA) is 86.5 Å². The van der Waals surface area contributed by atoms with E-state index in [-0.39, 0.29) is 0 Å². The van der Waals surface area contributed by atoms with Crippen molar-refractivity contribution in [3.05, 3.63) is 25.8 Å². The van der Waals surface area contributed by atoms with E-state index in [1.165, 1.54) is 22.6 Å². The van der Waals surface area contributed by atoms with Crippen LogP contribution in [0.5, 0.6) is 5.75 Å². The van der Waals surface area contributed by atoms with E-state index in [4.69, 9.17) is 10.7 Å². The second kappa shape index (κ2) is 5.28. The minimum Gasteiger partial charge on any atom is -0.404 e. The van der Waals surface area contributed by atoms with Gasteiger partial charge in [0, 0.05) is 16.7 Å². The molecule has 19 heavy (non-hydrogen) atoms. The Bertz CT molecular complexity index is 632. The predicted molar refractivity (Wildman–Crippen MR) is 65.5 cm³/mol. The van der Waals surface area contributed by atoms with Crippen molar-refractivity contribution >= 4 is 48.0 Å². The molecule has 1 aromatic rings. The van der Waals surface area contributed by atoms with Crippen LogP contribution in [0.1, 0.15) is 0 Å². The summed E-state index contributed by atoms with van der Waals surface area (Å²) in [7, 11) is 0.537. The van der Waals surface area contributed by atoms with Gasteiger partial charge in [-0.05, 0) is 22.6 Å². The van der Waals surface area contributed by atoms with Gasteiger partial charge in [-0.25, -0.2) is 8.42 Å². The van der Waals surface area contributed by atoms with E-state index in [1.54, 1.807) is 0 Å². The van der Waals surface area contributed by atoms with Crippen LogP contribution in [0.3, 0.4) is 0 Å². The van der Waals surface area contributed by atoms with Crippen LogP contribution in [0.15, 0.2) is 17.0 Å². The number of ether oxygens (including phenoxy) is 1. The van der Waals surface area contributed by atoms with E-state index in [0.717, 1.165) is 0 Å². The maximum atomic E-state index is 12.1. The largest absolute Gasteiger partial charge is 0.573 e. The van der Waals surface area contributed by atoms with Crippen molar-refractivity contribution in [2.24, 2.45) is 0 Å². The monoisotopic (exact) mass is 431 g/mol. The van der Waals surface area contributed by atoms with Crippen LogP contribution in [-0.4, -0.2) is 19.7 Å². The second-order valence-electron chi connectivity index (χ2n) is 3.00. The molecule has 0 unspecified atom stereocenters. The normalized spacial score (nSPS) is 12.3. The smallest absolute Gasteiger partial charge is 0.404 e. The molecule has 0 aromatic heterocycles. The molecule has 0 aliphatic heterocycles. The van der Waals surface area contributed by atoms with Crippen LogP contribution in [0, 0.1) is 13.7 Å². The van der Waals surface area contributed by atoms with Crippen molar-refractivity contribution in [2.75, 3.05) is 0 Å². The van der Waals surface area contributed by atoms with Crippen LogP contribution in [0.2, 0.25) is 0 Å². The number of alkyl halides is 3. The Hall–Kier alpha value is -0.820. The fraction of sp³-hybridized carbons (Fsp3) is 0.143. The van der Waals surface area contributed by atoms with Crippen LogP contribution in [0.25, 0.3) is 0 Å². The van der Waals surface area contributed by atoms with Crippen molar-refractivity contribution in [2.45, 2.75) is 11.3 Å². The summed E-state index contributed by atoms with van der Waals surface area (Å²) >= 11 is 1.24. The maximum absolute atomic E-state index is 12.1. The minimum absolute atomic E-state index is 0.459. The SMILES string of the molecule is O=[N+]([O-])c1cc(OC(F)(F)F)c(I)c(S(=O)(=O)Cl)c1. The average molecular weight is 432 g/mol. The summed E-state index contributed by atoms with van der Waals surface area (Å²) in [6, 6.07) is 1.01. The summed E-state index contributed by atoms with van der Waals surface area (Å²) in [5, 5.41) is 10.5. The number of nitro groups is 1. The van der Waals surface area contributed by atoms with Crippen molar-refractivity contribution in [3.63, 3.8) is 0 Å². The summed E-state index contributed by atoms with van der Waals surface area (Å²) in [5.41, 5.74) is -0.890. The number of non-ortho nitro benzene ring substituents is 1. The summed E-state index contributed by atoms with van der Waals surface area (Å²) in [5.74, 6) is -1.01. The van der Waals surface area contributed by atoms with Crippen molar-refractivity contribution < 1.29 is 31.2 Å². The van der Waals surface area contributed by atoms with Gasteiger partial charge in [-0.15, -0.1) is 13.2 Å². The Morgan fingerprint density at radius 3 is 2.26 bits per heavy atom. The summed E-state index contributed by atoms with van der Waals surface area (Å²) in [4.78, 5) is 8.64. The number of halogens is 5. The molecule has 0 bridgehead atoms. The molecule has 0 saturated carbocycles. The number of hydrogen-bond donors (Lipinski definition) is 0. The highest BCUT2D eigenvalue weighted by Gasteiger charge is 2.34. The molecule has 12 heteroatoms. The molecule has 6 nitrogen and oxygen atoms in total. The van der Waals surface area contributed by atoms with Gasteiger partial charge in [0.25, 0.3) is 14.7 Å². The Kier molecular flexibility index (Phi) is 4.51. The van der Waals surface area contributed by atoms with E-state index < -0.39 is 40.2 Å². The van der Waals surface area contributed by atoms with Crippen molar-refractivity contribution in [1.82, 2.24) is 0 Å². The molecule has 0 aliphatic rings. The zero-order chi connectivity index (χ0) is 15.0. The first-order chi connectivity index (χ1) is 8.42. The Morgan fingerprint density at radius 2 is 1.89 bits per heavy atom. The zero-order valence-corrected chi connectivity index (χ0v) is 12.2. The van der Waals surface area contributed by atoms with Gasteiger partial charge in [-0.2, -0.15) is 0 Å². The molecule has 1 rings (SSSR count). The lowest BCUT2D eigenvalue weighted by atomic mass is 10.3. The van der Waals surface area contributed by atoms with E-state index in [0.29, 0.717) is 12.1 Å². The standard InChI is InChI=1S/C7H2ClF3INO5S/c8-19(16,17)5-2-3(13(14)15)1-4(6(5)12)18-7(9,10)11/h1-2H. The first-order valence-corrected chi connectivity index (χ1v) is 7.49. The van der Waals surface area contributed by atoms with Crippen molar-refractivity contribution in [1.29, 1.82) is 0 Å². The number of nitrogens with zero attached hydrogens (tertiary/aromatic N) is 1. The molecular weight excluding hydrogens is 429 g/mol. The summed E-state index contributed by atoms with van der Waals surface area (Å²) < 4.78 is 61.6. The molecular formula is C7H2ClF3INO5S. The van der Waals surface area contributed by atoms with Gasteiger partial charge in [0.15, 0.2) is 5.75 Å². The molecule has 0 spiro atoms. The van der Waals surface area contributed by atoms with Gasteiger partial charge in [0.2, 0.25) is 0 Å². The highest BCUT2D eigenvalue weighted by atomic mass is 127. The molecule has 0 fully saturated rings. The van der Waals surface area contributed by atoms with Crippen LogP contribution in [0.4, 0.5) is 18.9 Å². The lowest BCUT2D eigenvalue weighted by Gasteiger charge is -2.12. The molecule has 0 radical (unpaired) electrons. The van der Waals surface area contributed by atoms with Crippen LogP contribution < -0.4 is 4.74 Å². The fourth-order valence-electron chi connectivity index (χ4n) is 1.04. The van der Waals surface area contributed by atoms with Gasteiger partial charge >= 0.3 is 6.36 Å². The molecule has 1 aromatic carbocycles. The quantitative estimate of drug-likeness (QED) is 0.318. The summed E-state index contributed by atoms with van der Waals surface area (Å²) in [6.45, 7) is 0. The van der Waals surface area contributed by atoms with E-state index >= 15 is 0 Å². The number of benzene rings is 1. The first-order valence-electron chi connectivity index (χ1n) is 4.10. The second-order valence-corrected chi connectivity index (χ2v) is 6.61. The van der Waals surface area contributed by atoms with Gasteiger partial charge < -0.3 is 4.74 Å². The van der Waals surface area contributed by atoms with E-state index in [1.807, 2.05) is 0 Å². The fourth-order valence-corrected chi connectivity index (χ4v) is 3.66. The predicted octanol–water partition coefficient (Wildman–Crippen LogP) is 3.03. The first kappa shape index (κ1) is 16.2. The highest BCUT2D eigenvalue weighted by molar-refractivity contribution is 14.1. The van der Waals surface area contributed by atoms with Crippen LogP contribution >= 0.6 is 33.3 Å². The number of rotatable bonds is 3. The Balaban J connectivity index is 3.55. The number of hydrogen-bond acceptors (Lipinski definition) is 5. The van der Waals surface area contributed by atoms with Crippen LogP contribution in [-0.2, 0) is 9.05 Å². The summed E-state index contributed by atoms with van der Waals surface area (Å²) in [6.07, 6.45) is -5.12. The molecule has 0 aliphatic carbocycles. The third kappa shape index (κ3) is 4.35. The molecule has 0 heterocycles. The lowest BCUT2D eigenvalue weighted by molar-refractivity contribution is -0.385. The molecule has 0 N–H and O–H groups in total. The molecule has 0 saturated heterocycles. The third-order valence-corrected chi connectivity index (χ3v) is 4.51.